The molecule has 0 spiro atoms. The van der Waals surface area contributed by atoms with Crippen LogP contribution < -0.4 is 10.1 Å². The number of amides is 2. The highest BCUT2D eigenvalue weighted by molar-refractivity contribution is 6.30. The quantitative estimate of drug-likeness (QED) is 0.505. The van der Waals surface area contributed by atoms with Gasteiger partial charge in [-0.05, 0) is 48.4 Å². The van der Waals surface area contributed by atoms with Crippen molar-refractivity contribution in [3.8, 4) is 11.5 Å². The van der Waals surface area contributed by atoms with Crippen LogP contribution in [-0.4, -0.2) is 40.0 Å². The molecule has 0 saturated heterocycles. The number of carbonyl (C=O) groups excluding carboxylic acids is 1. The van der Waals surface area contributed by atoms with E-state index in [1.165, 1.54) is 6.92 Å². The van der Waals surface area contributed by atoms with Crippen molar-refractivity contribution in [1.29, 1.82) is 0 Å². The van der Waals surface area contributed by atoms with Gasteiger partial charge in [-0.1, -0.05) is 23.7 Å². The summed E-state index contributed by atoms with van der Waals surface area (Å²) in [4.78, 5) is 22.0. The number of benzene rings is 2. The van der Waals surface area contributed by atoms with Crippen molar-refractivity contribution in [3.63, 3.8) is 0 Å². The summed E-state index contributed by atoms with van der Waals surface area (Å²) in [5, 5.41) is 21.8. The average molecular weight is 379 g/mol. The van der Waals surface area contributed by atoms with Crippen LogP contribution >= 0.6 is 11.6 Å². The van der Waals surface area contributed by atoms with Gasteiger partial charge in [0, 0.05) is 11.9 Å². The predicted molar refractivity (Wildman–Crippen MR) is 95.8 cm³/mol. The Morgan fingerprint density at radius 2 is 1.65 bits per heavy atom. The molecule has 0 heterocycles. The highest BCUT2D eigenvalue weighted by atomic mass is 35.5. The van der Waals surface area contributed by atoms with Crippen molar-refractivity contribution in [2.45, 2.75) is 19.4 Å². The first-order valence-electron chi connectivity index (χ1n) is 7.82. The highest BCUT2D eigenvalue weighted by Gasteiger charge is 2.17. The standard InChI is InChI=1S/C18H19ClN2O5/c1-12(22)21(25)11-15(20-18(23)24)10-13-2-6-16(7-3-13)26-17-8-4-14(19)5-9-17/h2-9,15,20,25H,10-11H2,1H3,(H,23,24)/t15-/m0/s1. The van der Waals surface area contributed by atoms with E-state index in [1.807, 2.05) is 0 Å². The minimum Gasteiger partial charge on any atom is -0.465 e. The third kappa shape index (κ3) is 6.27. The Kier molecular flexibility index (Phi) is 6.82. The molecule has 138 valence electrons. The van der Waals surface area contributed by atoms with E-state index >= 15 is 0 Å². The number of rotatable bonds is 7. The molecule has 1 atom stereocenters. The fraction of sp³-hybridized carbons (Fsp3) is 0.222. The van der Waals surface area contributed by atoms with Crippen molar-refractivity contribution < 1.29 is 24.6 Å². The minimum atomic E-state index is -1.23. The van der Waals surface area contributed by atoms with Crippen LogP contribution in [0.25, 0.3) is 0 Å². The van der Waals surface area contributed by atoms with E-state index in [2.05, 4.69) is 5.32 Å². The Bertz CT molecular complexity index is 749. The van der Waals surface area contributed by atoms with Crippen molar-refractivity contribution in [3.05, 3.63) is 59.1 Å². The summed E-state index contributed by atoms with van der Waals surface area (Å²) in [5.74, 6) is 0.699. The van der Waals surface area contributed by atoms with Crippen molar-refractivity contribution in [2.75, 3.05) is 6.54 Å². The minimum absolute atomic E-state index is 0.148. The van der Waals surface area contributed by atoms with E-state index in [4.69, 9.17) is 21.4 Å². The maximum Gasteiger partial charge on any atom is 0.404 e. The molecule has 0 unspecified atom stereocenters. The molecular weight excluding hydrogens is 360 g/mol. The van der Waals surface area contributed by atoms with Crippen molar-refractivity contribution >= 4 is 23.6 Å². The van der Waals surface area contributed by atoms with Gasteiger partial charge in [-0.3, -0.25) is 10.0 Å². The molecule has 0 aromatic heterocycles. The number of hydrogen-bond donors (Lipinski definition) is 3. The molecule has 2 aromatic carbocycles. The van der Waals surface area contributed by atoms with E-state index in [-0.39, 0.29) is 6.54 Å². The van der Waals surface area contributed by atoms with Crippen LogP contribution in [0.2, 0.25) is 5.02 Å². The Hall–Kier alpha value is -2.77. The number of hydrogen-bond acceptors (Lipinski definition) is 4. The summed E-state index contributed by atoms with van der Waals surface area (Å²) in [6, 6.07) is 13.4. The topological polar surface area (TPSA) is 99.1 Å². The number of carboxylic acid groups (broad SMARTS) is 1. The fourth-order valence-electron chi connectivity index (χ4n) is 2.29. The molecule has 0 aliphatic carbocycles. The SMILES string of the molecule is CC(=O)N(O)C[C@H](Cc1ccc(Oc2ccc(Cl)cc2)cc1)NC(=O)O. The van der Waals surface area contributed by atoms with Gasteiger partial charge in [-0.25, -0.2) is 9.86 Å². The first kappa shape index (κ1) is 19.6. The molecule has 26 heavy (non-hydrogen) atoms. The molecule has 3 N–H and O–H groups in total. The van der Waals surface area contributed by atoms with Crippen LogP contribution in [0.4, 0.5) is 4.79 Å². The zero-order chi connectivity index (χ0) is 19.1. The largest absolute Gasteiger partial charge is 0.465 e. The lowest BCUT2D eigenvalue weighted by Crippen LogP contribution is -2.44. The smallest absolute Gasteiger partial charge is 0.404 e. The number of halogens is 1. The Balaban J connectivity index is 2.01. The summed E-state index contributed by atoms with van der Waals surface area (Å²) in [6.45, 7) is 1.05. The summed E-state index contributed by atoms with van der Waals surface area (Å²) in [7, 11) is 0. The summed E-state index contributed by atoms with van der Waals surface area (Å²) < 4.78 is 5.69. The van der Waals surface area contributed by atoms with Gasteiger partial charge in [0.1, 0.15) is 11.5 Å². The Morgan fingerprint density at radius 1 is 1.12 bits per heavy atom. The molecule has 0 saturated carbocycles. The second-order valence-electron chi connectivity index (χ2n) is 5.65. The Morgan fingerprint density at radius 3 is 2.15 bits per heavy atom. The van der Waals surface area contributed by atoms with Crippen molar-refractivity contribution in [1.82, 2.24) is 10.4 Å². The molecule has 0 fully saturated rings. The lowest BCUT2D eigenvalue weighted by Gasteiger charge is -2.21. The van der Waals surface area contributed by atoms with E-state index in [1.54, 1.807) is 48.5 Å². The van der Waals surface area contributed by atoms with Crippen LogP contribution in [-0.2, 0) is 11.2 Å². The number of ether oxygens (including phenoxy) is 1. The van der Waals surface area contributed by atoms with E-state index in [9.17, 15) is 14.8 Å². The van der Waals surface area contributed by atoms with Crippen LogP contribution in [0.3, 0.4) is 0 Å². The van der Waals surface area contributed by atoms with Gasteiger partial charge in [0.05, 0.1) is 12.6 Å². The second-order valence-corrected chi connectivity index (χ2v) is 6.09. The molecule has 2 aromatic rings. The van der Waals surface area contributed by atoms with Gasteiger partial charge in [0.25, 0.3) is 0 Å². The molecule has 2 amide bonds. The average Bonchev–Trinajstić information content (AvgIpc) is 2.58. The molecular formula is C18H19ClN2O5. The van der Waals surface area contributed by atoms with Gasteiger partial charge < -0.3 is 15.2 Å². The maximum atomic E-state index is 11.1. The number of hydroxylamine groups is 2. The molecule has 8 heteroatoms. The van der Waals surface area contributed by atoms with Gasteiger partial charge in [-0.2, -0.15) is 0 Å². The van der Waals surface area contributed by atoms with Crippen LogP contribution in [0.1, 0.15) is 12.5 Å². The number of nitrogens with zero attached hydrogens (tertiary/aromatic N) is 1. The van der Waals surface area contributed by atoms with Crippen LogP contribution in [0, 0.1) is 0 Å². The number of nitrogens with one attached hydrogen (secondary N) is 1. The zero-order valence-corrected chi connectivity index (χ0v) is 14.8. The maximum absolute atomic E-state index is 11.1. The van der Waals surface area contributed by atoms with Gasteiger partial charge >= 0.3 is 6.09 Å². The van der Waals surface area contributed by atoms with Gasteiger partial charge in [0.2, 0.25) is 5.91 Å². The molecule has 0 aliphatic rings. The first-order valence-corrected chi connectivity index (χ1v) is 8.20. The van der Waals surface area contributed by atoms with E-state index in [0.29, 0.717) is 28.0 Å². The molecule has 0 radical (unpaired) electrons. The zero-order valence-electron chi connectivity index (χ0n) is 14.1. The predicted octanol–water partition coefficient (Wildman–Crippen LogP) is 3.55. The summed E-state index contributed by atoms with van der Waals surface area (Å²) in [5.41, 5.74) is 0.823. The van der Waals surface area contributed by atoms with Crippen LogP contribution in [0.5, 0.6) is 11.5 Å². The van der Waals surface area contributed by atoms with E-state index < -0.39 is 18.0 Å². The second kappa shape index (κ2) is 9.07. The summed E-state index contributed by atoms with van der Waals surface area (Å²) in [6.07, 6.45) is -0.924. The lowest BCUT2D eigenvalue weighted by molar-refractivity contribution is -0.163. The van der Waals surface area contributed by atoms with E-state index in [0.717, 1.165) is 5.56 Å². The van der Waals surface area contributed by atoms with Crippen molar-refractivity contribution in [2.24, 2.45) is 0 Å². The molecule has 0 aliphatic heterocycles. The third-order valence-corrected chi connectivity index (χ3v) is 3.79. The molecule has 2 rings (SSSR count). The number of carbonyl (C=O) groups is 2. The van der Waals surface area contributed by atoms with Gasteiger partial charge in [-0.15, -0.1) is 0 Å². The monoisotopic (exact) mass is 378 g/mol. The summed E-state index contributed by atoms with van der Waals surface area (Å²) >= 11 is 5.83. The third-order valence-electron chi connectivity index (χ3n) is 3.54. The molecule has 7 nitrogen and oxygen atoms in total. The Labute approximate surface area is 155 Å². The highest BCUT2D eigenvalue weighted by Crippen LogP contribution is 2.23. The normalized spacial score (nSPS) is 11.5. The lowest BCUT2D eigenvalue weighted by atomic mass is 10.1. The first-order chi connectivity index (χ1) is 12.3. The van der Waals surface area contributed by atoms with Gasteiger partial charge in [0.15, 0.2) is 0 Å². The van der Waals surface area contributed by atoms with Crippen LogP contribution in [0.15, 0.2) is 48.5 Å². The fourth-order valence-corrected chi connectivity index (χ4v) is 2.42. The molecule has 0 bridgehead atoms.